The van der Waals surface area contributed by atoms with Gasteiger partial charge in [0, 0.05) is 27.2 Å². The van der Waals surface area contributed by atoms with Crippen LogP contribution in [0.1, 0.15) is 43.4 Å². The molecule has 0 heterocycles. The number of carbonyl (C=O) groups excluding carboxylic acids is 2. The number of ether oxygens (including phenoxy) is 1. The lowest BCUT2D eigenvalue weighted by molar-refractivity contribution is -0.139. The van der Waals surface area contributed by atoms with Gasteiger partial charge < -0.3 is 15.0 Å². The summed E-state index contributed by atoms with van der Waals surface area (Å²) in [5.41, 5.74) is 2.80. The smallest absolute Gasteiger partial charge is 0.304 e. The normalized spacial score (nSPS) is 12.2. The third-order valence-electron chi connectivity index (χ3n) is 6.16. The summed E-state index contributed by atoms with van der Waals surface area (Å²) in [7, 11) is 0.422. The first-order chi connectivity index (χ1) is 17.4. The molecule has 0 fully saturated rings. The summed E-state index contributed by atoms with van der Waals surface area (Å²) in [6.45, 7) is 7.54. The van der Waals surface area contributed by atoms with Gasteiger partial charge in [0.2, 0.25) is 11.8 Å². The highest BCUT2D eigenvalue weighted by molar-refractivity contribution is 7.90. The zero-order valence-corrected chi connectivity index (χ0v) is 23.8. The minimum Gasteiger partial charge on any atom is -0.497 e. The van der Waals surface area contributed by atoms with E-state index in [1.807, 2.05) is 38.1 Å². The van der Waals surface area contributed by atoms with Gasteiger partial charge in [0.25, 0.3) is 0 Å². The number of nitrogens with one attached hydrogen (secondary N) is 1. The second kappa shape index (κ2) is 13.4. The number of rotatable bonds is 13. The molecule has 0 aliphatic rings. The Labute approximate surface area is 221 Å². The molecule has 2 rings (SSSR count). The predicted molar refractivity (Wildman–Crippen MR) is 147 cm³/mol. The highest BCUT2D eigenvalue weighted by Gasteiger charge is 2.33. The van der Waals surface area contributed by atoms with E-state index >= 15 is 0 Å². The van der Waals surface area contributed by atoms with Crippen LogP contribution in [-0.4, -0.2) is 69.8 Å². The van der Waals surface area contributed by atoms with Crippen molar-refractivity contribution in [3.63, 3.8) is 0 Å². The predicted octanol–water partition coefficient (Wildman–Crippen LogP) is 3.26. The number of unbranched alkanes of at least 4 members (excludes halogenated alkanes) is 1. The lowest BCUT2D eigenvalue weighted by atomic mass is 10.1. The summed E-state index contributed by atoms with van der Waals surface area (Å²) in [4.78, 5) is 28.2. The van der Waals surface area contributed by atoms with Crippen molar-refractivity contribution in [2.45, 2.75) is 53.1 Å². The zero-order chi connectivity index (χ0) is 27.8. The molecule has 204 valence electrons. The molecule has 1 atom stereocenters. The molecular formula is C27H40N4O5S. The quantitative estimate of drug-likeness (QED) is 0.399. The van der Waals surface area contributed by atoms with E-state index in [0.29, 0.717) is 18.0 Å². The van der Waals surface area contributed by atoms with Crippen LogP contribution in [0.2, 0.25) is 0 Å². The summed E-state index contributed by atoms with van der Waals surface area (Å²) >= 11 is 0. The fourth-order valence-corrected chi connectivity index (χ4v) is 4.85. The van der Waals surface area contributed by atoms with E-state index in [4.69, 9.17) is 4.74 Å². The lowest BCUT2D eigenvalue weighted by Gasteiger charge is -2.33. The van der Waals surface area contributed by atoms with E-state index in [1.54, 1.807) is 39.2 Å². The number of methoxy groups -OCH3 is 1. The molecule has 37 heavy (non-hydrogen) atoms. The second-order valence-corrected chi connectivity index (χ2v) is 11.3. The van der Waals surface area contributed by atoms with Gasteiger partial charge >= 0.3 is 10.2 Å². The maximum atomic E-state index is 13.8. The van der Waals surface area contributed by atoms with E-state index in [2.05, 4.69) is 5.32 Å². The van der Waals surface area contributed by atoms with Crippen molar-refractivity contribution in [2.75, 3.05) is 38.6 Å². The van der Waals surface area contributed by atoms with Crippen LogP contribution < -0.4 is 14.4 Å². The largest absolute Gasteiger partial charge is 0.497 e. The number of benzene rings is 2. The van der Waals surface area contributed by atoms with Crippen LogP contribution in [0.5, 0.6) is 5.75 Å². The van der Waals surface area contributed by atoms with Crippen molar-refractivity contribution in [3.8, 4) is 5.75 Å². The molecule has 0 aliphatic carbocycles. The first-order valence-electron chi connectivity index (χ1n) is 12.4. The first-order valence-corrected chi connectivity index (χ1v) is 13.8. The van der Waals surface area contributed by atoms with E-state index in [9.17, 15) is 18.0 Å². The molecule has 0 aliphatic heterocycles. The van der Waals surface area contributed by atoms with E-state index in [0.717, 1.165) is 38.1 Å². The molecule has 10 heteroatoms. The average molecular weight is 533 g/mol. The molecule has 2 amide bonds. The summed E-state index contributed by atoms with van der Waals surface area (Å²) in [6.07, 6.45) is 1.75. The van der Waals surface area contributed by atoms with Crippen LogP contribution in [0.3, 0.4) is 0 Å². The maximum absolute atomic E-state index is 13.8. The first kappa shape index (κ1) is 30.1. The number of anilines is 1. The summed E-state index contributed by atoms with van der Waals surface area (Å²) in [5.74, 6) is -0.102. The minimum absolute atomic E-state index is 0.133. The Balaban J connectivity index is 2.46. The molecule has 9 nitrogen and oxygen atoms in total. The van der Waals surface area contributed by atoms with Crippen LogP contribution in [0.25, 0.3) is 0 Å². The summed E-state index contributed by atoms with van der Waals surface area (Å²) < 4.78 is 34.1. The topological polar surface area (TPSA) is 99.3 Å². The van der Waals surface area contributed by atoms with Gasteiger partial charge in [-0.25, -0.2) is 4.31 Å². The van der Waals surface area contributed by atoms with Crippen LogP contribution in [0.15, 0.2) is 42.5 Å². The monoisotopic (exact) mass is 532 g/mol. The van der Waals surface area contributed by atoms with Gasteiger partial charge in [0.15, 0.2) is 0 Å². The molecule has 2 aromatic rings. The third-order valence-corrected chi connectivity index (χ3v) is 7.97. The van der Waals surface area contributed by atoms with Gasteiger partial charge in [-0.15, -0.1) is 0 Å². The number of hydrogen-bond acceptors (Lipinski definition) is 5. The highest BCUT2D eigenvalue weighted by Crippen LogP contribution is 2.26. The lowest BCUT2D eigenvalue weighted by Crippen LogP contribution is -2.52. The van der Waals surface area contributed by atoms with E-state index < -0.39 is 28.7 Å². The molecular weight excluding hydrogens is 492 g/mol. The molecule has 0 unspecified atom stereocenters. The molecule has 0 radical (unpaired) electrons. The van der Waals surface area contributed by atoms with Crippen LogP contribution in [0.4, 0.5) is 5.69 Å². The molecule has 0 saturated carbocycles. The van der Waals surface area contributed by atoms with Crippen molar-refractivity contribution in [1.82, 2.24) is 14.5 Å². The number of amides is 2. The summed E-state index contributed by atoms with van der Waals surface area (Å²) in [6, 6.07) is 11.9. The van der Waals surface area contributed by atoms with Crippen molar-refractivity contribution in [1.29, 1.82) is 0 Å². The van der Waals surface area contributed by atoms with Gasteiger partial charge in [-0.05, 0) is 62.1 Å². The Morgan fingerprint density at radius 3 is 2.27 bits per heavy atom. The Morgan fingerprint density at radius 1 is 1.05 bits per heavy atom. The van der Waals surface area contributed by atoms with Crippen molar-refractivity contribution in [2.24, 2.45) is 0 Å². The van der Waals surface area contributed by atoms with E-state index in [1.165, 1.54) is 19.0 Å². The maximum Gasteiger partial charge on any atom is 0.304 e. The molecule has 0 aromatic heterocycles. The van der Waals surface area contributed by atoms with Gasteiger partial charge in [-0.2, -0.15) is 12.7 Å². The molecule has 0 saturated heterocycles. The van der Waals surface area contributed by atoms with Crippen molar-refractivity contribution in [3.05, 3.63) is 59.2 Å². The second-order valence-electron chi connectivity index (χ2n) is 9.28. The summed E-state index contributed by atoms with van der Waals surface area (Å²) in [5, 5.41) is 2.88. The average Bonchev–Trinajstić information content (AvgIpc) is 2.87. The van der Waals surface area contributed by atoms with Crippen LogP contribution in [0, 0.1) is 13.8 Å². The standard InChI is InChI=1S/C27H40N4O5S/c1-8-9-16-28-27(33)22(4)30(18-23-12-14-24(36-7)15-13-23)26(32)19-31(37(34,35)29(5)6)25-17-20(2)10-11-21(25)3/h10-15,17,22H,8-9,16,18-19H2,1-7H3,(H,28,33)/t22-/m0/s1. The Bertz CT molecular complexity index is 1170. The molecule has 0 spiro atoms. The fourth-order valence-electron chi connectivity index (χ4n) is 3.74. The fraction of sp³-hybridized carbons (Fsp3) is 0.481. The van der Waals surface area contributed by atoms with Gasteiger partial charge in [0.1, 0.15) is 18.3 Å². The molecule has 0 bridgehead atoms. The SMILES string of the molecule is CCCCNC(=O)[C@H](C)N(Cc1ccc(OC)cc1)C(=O)CN(c1cc(C)ccc1C)S(=O)(=O)N(C)C. The molecule has 2 aromatic carbocycles. The Morgan fingerprint density at radius 2 is 1.70 bits per heavy atom. The van der Waals surface area contributed by atoms with E-state index in [-0.39, 0.29) is 12.5 Å². The number of hydrogen-bond donors (Lipinski definition) is 1. The van der Waals surface area contributed by atoms with Gasteiger partial charge in [-0.3, -0.25) is 9.59 Å². The number of nitrogens with zero attached hydrogens (tertiary/aromatic N) is 3. The van der Waals surface area contributed by atoms with Crippen LogP contribution >= 0.6 is 0 Å². The van der Waals surface area contributed by atoms with Crippen molar-refractivity contribution >= 4 is 27.7 Å². The van der Waals surface area contributed by atoms with Crippen LogP contribution in [-0.2, 0) is 26.3 Å². The Hall–Kier alpha value is -3.11. The zero-order valence-electron chi connectivity index (χ0n) is 22.9. The Kier molecular flexibility index (Phi) is 10.9. The van der Waals surface area contributed by atoms with Gasteiger partial charge in [-0.1, -0.05) is 37.6 Å². The number of aryl methyl sites for hydroxylation is 2. The molecule has 1 N–H and O–H groups in total. The van der Waals surface area contributed by atoms with Crippen molar-refractivity contribution < 1.29 is 22.7 Å². The van der Waals surface area contributed by atoms with Gasteiger partial charge in [0.05, 0.1) is 12.8 Å². The highest BCUT2D eigenvalue weighted by atomic mass is 32.2. The minimum atomic E-state index is -4.00. The third kappa shape index (κ3) is 7.93. The number of carbonyl (C=O) groups is 2.